The van der Waals surface area contributed by atoms with Crippen LogP contribution in [0, 0.1) is 0 Å². The first-order valence-corrected chi connectivity index (χ1v) is 4.85. The highest BCUT2D eigenvalue weighted by Crippen LogP contribution is 2.21. The number of nitrogens with zero attached hydrogens (tertiary/aromatic N) is 2. The molecule has 0 aliphatic heterocycles. The molecule has 0 unspecified atom stereocenters. The zero-order valence-corrected chi connectivity index (χ0v) is 8.97. The van der Waals surface area contributed by atoms with Gasteiger partial charge in [-0.1, -0.05) is 13.3 Å². The number of rotatable bonds is 4. The lowest BCUT2D eigenvalue weighted by molar-refractivity contribution is 0.293. The summed E-state index contributed by atoms with van der Waals surface area (Å²) in [4.78, 5) is 0. The van der Waals surface area contributed by atoms with Crippen molar-refractivity contribution in [2.24, 2.45) is 7.05 Å². The molecule has 0 aliphatic carbocycles. The Morgan fingerprint density at radius 3 is 2.92 bits per heavy atom. The van der Waals surface area contributed by atoms with Crippen molar-refractivity contribution in [2.75, 3.05) is 6.61 Å². The van der Waals surface area contributed by atoms with Gasteiger partial charge in [-0.3, -0.25) is 4.68 Å². The van der Waals surface area contributed by atoms with Gasteiger partial charge < -0.3 is 4.74 Å². The second-order valence-electron chi connectivity index (χ2n) is 2.66. The van der Waals surface area contributed by atoms with E-state index in [0.717, 1.165) is 23.9 Å². The van der Waals surface area contributed by atoms with Crippen LogP contribution in [0.2, 0.25) is 0 Å². The minimum absolute atomic E-state index is 0.686. The van der Waals surface area contributed by atoms with Gasteiger partial charge in [0.1, 0.15) is 0 Å². The Labute approximate surface area is 80.8 Å². The van der Waals surface area contributed by atoms with Crippen LogP contribution in [0.1, 0.15) is 19.8 Å². The first-order chi connectivity index (χ1) is 5.74. The summed E-state index contributed by atoms with van der Waals surface area (Å²) in [5.74, 6) is 0.686. The van der Waals surface area contributed by atoms with Crippen molar-refractivity contribution in [1.29, 1.82) is 0 Å². The Bertz CT molecular complexity index is 247. The highest BCUT2D eigenvalue weighted by Gasteiger charge is 2.04. The number of halogens is 1. The van der Waals surface area contributed by atoms with E-state index in [2.05, 4.69) is 28.0 Å². The van der Waals surface area contributed by atoms with Gasteiger partial charge in [-0.2, -0.15) is 0 Å². The number of aromatic nitrogens is 2. The molecule has 0 radical (unpaired) electrons. The number of unbranched alkanes of at least 4 members (excludes halogenated alkanes) is 1. The molecule has 0 amide bonds. The van der Waals surface area contributed by atoms with Gasteiger partial charge in [0.25, 0.3) is 0 Å². The van der Waals surface area contributed by atoms with E-state index in [1.807, 2.05) is 13.2 Å². The third-order valence-electron chi connectivity index (χ3n) is 1.49. The lowest BCUT2D eigenvalue weighted by Gasteiger charge is -2.00. The van der Waals surface area contributed by atoms with E-state index < -0.39 is 0 Å². The fourth-order valence-electron chi connectivity index (χ4n) is 0.850. The maximum absolute atomic E-state index is 5.42. The normalized spacial score (nSPS) is 10.2. The molecule has 1 heterocycles. The first-order valence-electron chi connectivity index (χ1n) is 4.06. The van der Waals surface area contributed by atoms with E-state index >= 15 is 0 Å². The van der Waals surface area contributed by atoms with Crippen LogP contribution in [-0.4, -0.2) is 16.4 Å². The maximum atomic E-state index is 5.42. The average Bonchev–Trinajstić information content (AvgIpc) is 2.31. The van der Waals surface area contributed by atoms with Crippen molar-refractivity contribution >= 4 is 15.9 Å². The van der Waals surface area contributed by atoms with Crippen LogP contribution in [0.3, 0.4) is 0 Å². The molecule has 3 nitrogen and oxygen atoms in total. The van der Waals surface area contributed by atoms with Crippen LogP contribution in [0.25, 0.3) is 0 Å². The monoisotopic (exact) mass is 232 g/mol. The highest BCUT2D eigenvalue weighted by atomic mass is 79.9. The number of hydrogen-bond donors (Lipinski definition) is 0. The summed E-state index contributed by atoms with van der Waals surface area (Å²) in [7, 11) is 1.87. The van der Waals surface area contributed by atoms with Gasteiger partial charge in [-0.25, -0.2) is 0 Å². The van der Waals surface area contributed by atoms with Gasteiger partial charge in [0, 0.05) is 13.2 Å². The van der Waals surface area contributed by atoms with Crippen LogP contribution >= 0.6 is 15.9 Å². The van der Waals surface area contributed by atoms with E-state index in [0.29, 0.717) is 5.88 Å². The zero-order chi connectivity index (χ0) is 8.97. The number of aryl methyl sites for hydroxylation is 1. The van der Waals surface area contributed by atoms with Crippen LogP contribution in [0.5, 0.6) is 5.88 Å². The smallest absolute Gasteiger partial charge is 0.247 e. The molecule has 0 atom stereocenters. The molecule has 68 valence electrons. The third kappa shape index (κ3) is 2.52. The molecule has 12 heavy (non-hydrogen) atoms. The van der Waals surface area contributed by atoms with E-state index in [9.17, 15) is 0 Å². The standard InChI is InChI=1S/C8H13BrN2O/c1-3-4-5-12-8-7(9)6-11(2)10-8/h6H,3-5H2,1-2H3. The van der Waals surface area contributed by atoms with Crippen molar-refractivity contribution in [3.05, 3.63) is 10.7 Å². The quantitative estimate of drug-likeness (QED) is 0.746. The molecule has 0 aromatic carbocycles. The summed E-state index contributed by atoms with van der Waals surface area (Å²) in [6, 6.07) is 0. The fourth-order valence-corrected chi connectivity index (χ4v) is 1.34. The molecule has 0 N–H and O–H groups in total. The predicted octanol–water partition coefficient (Wildman–Crippen LogP) is 2.36. The lowest BCUT2D eigenvalue weighted by Crippen LogP contribution is -1.98. The summed E-state index contributed by atoms with van der Waals surface area (Å²) in [6.07, 6.45) is 4.09. The van der Waals surface area contributed by atoms with E-state index in [1.54, 1.807) is 4.68 Å². The Hall–Kier alpha value is -0.510. The van der Waals surface area contributed by atoms with Crippen molar-refractivity contribution in [1.82, 2.24) is 9.78 Å². The predicted molar refractivity (Wildman–Crippen MR) is 51.3 cm³/mol. The highest BCUT2D eigenvalue weighted by molar-refractivity contribution is 9.10. The molecule has 1 rings (SSSR count). The van der Waals surface area contributed by atoms with Gasteiger partial charge in [0.05, 0.1) is 11.1 Å². The van der Waals surface area contributed by atoms with Gasteiger partial charge in [0.2, 0.25) is 5.88 Å². The van der Waals surface area contributed by atoms with Crippen molar-refractivity contribution in [3.63, 3.8) is 0 Å². The summed E-state index contributed by atoms with van der Waals surface area (Å²) >= 11 is 3.36. The van der Waals surface area contributed by atoms with Crippen molar-refractivity contribution < 1.29 is 4.74 Å². The van der Waals surface area contributed by atoms with Gasteiger partial charge >= 0.3 is 0 Å². The minimum Gasteiger partial charge on any atom is -0.476 e. The Morgan fingerprint density at radius 1 is 1.67 bits per heavy atom. The molecule has 0 aliphatic rings. The Kier molecular flexibility index (Phi) is 3.59. The summed E-state index contributed by atoms with van der Waals surface area (Å²) in [6.45, 7) is 2.88. The maximum Gasteiger partial charge on any atom is 0.247 e. The molecule has 0 saturated carbocycles. The topological polar surface area (TPSA) is 27.1 Å². The molecule has 0 spiro atoms. The van der Waals surface area contributed by atoms with E-state index in [1.165, 1.54) is 0 Å². The molecule has 0 bridgehead atoms. The molecule has 1 aromatic rings. The van der Waals surface area contributed by atoms with Crippen LogP contribution in [-0.2, 0) is 7.05 Å². The van der Waals surface area contributed by atoms with Gasteiger partial charge in [-0.05, 0) is 22.4 Å². The Morgan fingerprint density at radius 2 is 2.42 bits per heavy atom. The third-order valence-corrected chi connectivity index (χ3v) is 2.03. The van der Waals surface area contributed by atoms with Crippen molar-refractivity contribution in [2.45, 2.75) is 19.8 Å². The molecule has 0 fully saturated rings. The van der Waals surface area contributed by atoms with E-state index in [4.69, 9.17) is 4.74 Å². The van der Waals surface area contributed by atoms with Crippen LogP contribution < -0.4 is 4.74 Å². The van der Waals surface area contributed by atoms with Gasteiger partial charge in [0.15, 0.2) is 0 Å². The number of ether oxygens (including phenoxy) is 1. The lowest BCUT2D eigenvalue weighted by atomic mass is 10.4. The molecular formula is C8H13BrN2O. The molecule has 1 aromatic heterocycles. The average molecular weight is 233 g/mol. The summed E-state index contributed by atoms with van der Waals surface area (Å²) in [5.41, 5.74) is 0. The molecular weight excluding hydrogens is 220 g/mol. The van der Waals surface area contributed by atoms with Crippen LogP contribution in [0.4, 0.5) is 0 Å². The summed E-state index contributed by atoms with van der Waals surface area (Å²) < 4.78 is 8.06. The number of hydrogen-bond acceptors (Lipinski definition) is 2. The van der Waals surface area contributed by atoms with Crippen molar-refractivity contribution in [3.8, 4) is 5.88 Å². The zero-order valence-electron chi connectivity index (χ0n) is 7.38. The van der Waals surface area contributed by atoms with Crippen LogP contribution in [0.15, 0.2) is 10.7 Å². The second-order valence-corrected chi connectivity index (χ2v) is 3.51. The molecule has 4 heteroatoms. The Balaban J connectivity index is 2.45. The fraction of sp³-hybridized carbons (Fsp3) is 0.625. The SMILES string of the molecule is CCCCOc1nn(C)cc1Br. The summed E-state index contributed by atoms with van der Waals surface area (Å²) in [5, 5.41) is 4.13. The largest absolute Gasteiger partial charge is 0.476 e. The van der Waals surface area contributed by atoms with E-state index in [-0.39, 0.29) is 0 Å². The second kappa shape index (κ2) is 4.50. The molecule has 0 saturated heterocycles. The van der Waals surface area contributed by atoms with Gasteiger partial charge in [-0.15, -0.1) is 5.10 Å². The minimum atomic E-state index is 0.686. The first kappa shape index (κ1) is 9.58.